The smallest absolute Gasteiger partial charge is 0.259 e. The minimum Gasteiger partial charge on any atom is -0.361 e. The number of carbonyl (C=O) groups excluding carboxylic acids is 2. The van der Waals surface area contributed by atoms with Crippen LogP contribution in [-0.4, -0.2) is 21.8 Å². The molecule has 0 saturated heterocycles. The highest BCUT2D eigenvalue weighted by atomic mass is 35.5. The number of amides is 2. The first-order valence-corrected chi connectivity index (χ1v) is 10.8. The zero-order valence-corrected chi connectivity index (χ0v) is 19.4. The van der Waals surface area contributed by atoms with Gasteiger partial charge >= 0.3 is 0 Å². The molecule has 3 N–H and O–H groups in total. The third kappa shape index (κ3) is 4.21. The molecular formula is C26H32ClN3O2. The third-order valence-electron chi connectivity index (χ3n) is 5.60. The fraction of sp³-hybridized carbons (Fsp3) is 0.231. The van der Waals surface area contributed by atoms with Crippen molar-refractivity contribution < 1.29 is 12.4 Å². The monoisotopic (exact) mass is 453 g/mol. The zero-order valence-electron chi connectivity index (χ0n) is 18.5. The van der Waals surface area contributed by atoms with Crippen LogP contribution in [0.25, 0.3) is 33.0 Å². The number of nitrogens with one attached hydrogen (secondary N) is 3. The van der Waals surface area contributed by atoms with E-state index in [1.54, 1.807) is 12.4 Å². The molecule has 0 spiro atoms. The van der Waals surface area contributed by atoms with Crippen molar-refractivity contribution in [1.29, 1.82) is 0 Å². The highest BCUT2D eigenvalue weighted by Gasteiger charge is 2.34. The fourth-order valence-corrected chi connectivity index (χ4v) is 4.04. The lowest BCUT2D eigenvalue weighted by atomic mass is 9.95. The minimum atomic E-state index is -0.364. The zero-order chi connectivity index (χ0) is 22.0. The molecule has 2 aromatic carbocycles. The van der Waals surface area contributed by atoms with Gasteiger partial charge in [-0.25, -0.2) is 0 Å². The van der Waals surface area contributed by atoms with Crippen LogP contribution in [0.5, 0.6) is 0 Å². The maximum Gasteiger partial charge on any atom is 0.259 e. The lowest BCUT2D eigenvalue weighted by molar-refractivity contribution is -0.122. The topological polar surface area (TPSA) is 77.8 Å². The highest BCUT2D eigenvalue weighted by Crippen LogP contribution is 2.37. The first kappa shape index (κ1) is 23.4. The maximum absolute atomic E-state index is 12.6. The molecule has 5 nitrogen and oxygen atoms in total. The summed E-state index contributed by atoms with van der Waals surface area (Å²) in [4.78, 5) is 31.6. The number of unbranched alkanes of at least 4 members (excludes halogenated alkanes) is 2. The number of fused-ring (bicyclic) bond motifs is 2. The quantitative estimate of drug-likeness (QED) is 0.303. The number of imide groups is 1. The molecule has 3 heterocycles. The van der Waals surface area contributed by atoms with E-state index in [-0.39, 0.29) is 27.1 Å². The molecule has 32 heavy (non-hydrogen) atoms. The Labute approximate surface area is 196 Å². The van der Waals surface area contributed by atoms with Gasteiger partial charge in [0, 0.05) is 48.2 Å². The Kier molecular flexibility index (Phi) is 7.21. The van der Waals surface area contributed by atoms with Gasteiger partial charge in [0.2, 0.25) is 0 Å². The summed E-state index contributed by atoms with van der Waals surface area (Å²) in [5, 5.41) is 4.31. The summed E-state index contributed by atoms with van der Waals surface area (Å²) in [5.74, 6) is -0.727. The SMILES string of the molecule is CCCCC.Cc1ccc2[nH]cc(C3=C(c4c[nH]c5ccccc45)C(=O)NC3=O)c2c1.Cl.[HH].[HH]. The number of carbonyl (C=O) groups is 2. The third-order valence-corrected chi connectivity index (χ3v) is 5.60. The summed E-state index contributed by atoms with van der Waals surface area (Å²) in [6.45, 7) is 6.43. The molecule has 0 unspecified atom stereocenters. The van der Waals surface area contributed by atoms with E-state index < -0.39 is 0 Å². The average Bonchev–Trinajstić information content (AvgIpc) is 3.43. The molecule has 0 bridgehead atoms. The van der Waals surface area contributed by atoms with Crippen LogP contribution in [0.3, 0.4) is 0 Å². The molecule has 170 valence electrons. The van der Waals surface area contributed by atoms with Crippen LogP contribution < -0.4 is 5.32 Å². The van der Waals surface area contributed by atoms with Gasteiger partial charge in [-0.2, -0.15) is 0 Å². The lowest BCUT2D eigenvalue weighted by Gasteiger charge is -2.03. The molecule has 4 aromatic rings. The van der Waals surface area contributed by atoms with Crippen LogP contribution in [-0.2, 0) is 9.59 Å². The molecule has 2 aromatic heterocycles. The number of hydrogen-bond acceptors (Lipinski definition) is 2. The number of halogens is 1. The van der Waals surface area contributed by atoms with E-state index in [1.807, 2.05) is 49.4 Å². The van der Waals surface area contributed by atoms with Crippen molar-refractivity contribution in [2.45, 2.75) is 40.0 Å². The van der Waals surface area contributed by atoms with E-state index in [9.17, 15) is 9.59 Å². The van der Waals surface area contributed by atoms with Crippen molar-refractivity contribution in [2.24, 2.45) is 0 Å². The van der Waals surface area contributed by atoms with Gasteiger partial charge in [0.15, 0.2) is 0 Å². The summed E-state index contributed by atoms with van der Waals surface area (Å²) in [7, 11) is 0. The highest BCUT2D eigenvalue weighted by molar-refractivity contribution is 6.50. The molecule has 0 atom stereocenters. The largest absolute Gasteiger partial charge is 0.361 e. The minimum absolute atomic E-state index is 0. The number of H-pyrrole nitrogens is 2. The molecule has 0 fully saturated rings. The summed E-state index contributed by atoms with van der Waals surface area (Å²) in [6.07, 6.45) is 7.66. The molecule has 5 rings (SSSR count). The Morgan fingerprint density at radius 2 is 1.34 bits per heavy atom. The van der Waals surface area contributed by atoms with Gasteiger partial charge in [0.05, 0.1) is 11.1 Å². The number of rotatable bonds is 4. The van der Waals surface area contributed by atoms with Crippen LogP contribution in [0.4, 0.5) is 0 Å². The van der Waals surface area contributed by atoms with Crippen molar-refractivity contribution in [1.82, 2.24) is 15.3 Å². The van der Waals surface area contributed by atoms with Gasteiger partial charge in [-0.1, -0.05) is 62.9 Å². The lowest BCUT2D eigenvalue weighted by Crippen LogP contribution is -2.22. The summed E-state index contributed by atoms with van der Waals surface area (Å²) >= 11 is 0. The molecule has 1 aliphatic rings. The molecule has 0 aliphatic carbocycles. The Bertz CT molecular complexity index is 1320. The van der Waals surface area contributed by atoms with Gasteiger partial charge in [-0.05, 0) is 25.1 Å². The summed E-state index contributed by atoms with van der Waals surface area (Å²) in [5.41, 5.74) is 5.26. The van der Waals surface area contributed by atoms with E-state index in [1.165, 1.54) is 19.3 Å². The fourth-order valence-electron chi connectivity index (χ4n) is 4.04. The second-order valence-electron chi connectivity index (χ2n) is 7.89. The van der Waals surface area contributed by atoms with Crippen molar-refractivity contribution in [3.8, 4) is 0 Å². The molecular weight excluding hydrogens is 422 g/mol. The summed E-state index contributed by atoms with van der Waals surface area (Å²) in [6, 6.07) is 13.8. The number of aryl methyl sites for hydroxylation is 1. The maximum atomic E-state index is 12.6. The molecule has 0 radical (unpaired) electrons. The number of para-hydroxylation sites is 1. The predicted molar refractivity (Wildman–Crippen MR) is 138 cm³/mol. The second kappa shape index (κ2) is 9.88. The number of aromatic nitrogens is 2. The van der Waals surface area contributed by atoms with Crippen LogP contribution in [0.1, 0.15) is 52.7 Å². The van der Waals surface area contributed by atoms with Crippen molar-refractivity contribution in [2.75, 3.05) is 0 Å². The van der Waals surface area contributed by atoms with Gasteiger partial charge in [0.25, 0.3) is 11.8 Å². The Morgan fingerprint density at radius 1 is 0.781 bits per heavy atom. The van der Waals surface area contributed by atoms with Crippen molar-refractivity contribution in [3.63, 3.8) is 0 Å². The molecule has 6 heteroatoms. The van der Waals surface area contributed by atoms with Gasteiger partial charge in [-0.15, -0.1) is 12.4 Å². The Morgan fingerprint density at radius 3 is 1.94 bits per heavy atom. The van der Waals surface area contributed by atoms with Gasteiger partial charge in [0.1, 0.15) is 0 Å². The van der Waals surface area contributed by atoms with E-state index in [4.69, 9.17) is 0 Å². The molecule has 1 aliphatic heterocycles. The Balaban J connectivity index is 0.000000661. The predicted octanol–water partition coefficient (Wildman–Crippen LogP) is 6.64. The van der Waals surface area contributed by atoms with Crippen LogP contribution in [0.2, 0.25) is 0 Å². The second-order valence-corrected chi connectivity index (χ2v) is 7.89. The van der Waals surface area contributed by atoms with Gasteiger partial charge in [-0.3, -0.25) is 14.9 Å². The number of benzene rings is 2. The number of aromatic amines is 2. The molecule has 0 saturated carbocycles. The number of hydrogen-bond donors (Lipinski definition) is 3. The first-order valence-electron chi connectivity index (χ1n) is 10.8. The van der Waals surface area contributed by atoms with Crippen molar-refractivity contribution >= 4 is 57.2 Å². The van der Waals surface area contributed by atoms with E-state index in [0.29, 0.717) is 11.1 Å². The standard InChI is InChI=1S/C21H15N3O2.C5H12.ClH.2H2/c1-11-6-7-17-13(8-11)15(10-23-17)19-18(20(25)24-21(19)26)14-9-22-16-5-3-2-4-12(14)16;1-3-5-4-2;;;/h2-10,22-23H,1H3,(H,24,25,26);3-5H2,1-2H3;3*1H. The average molecular weight is 454 g/mol. The molecule has 2 amide bonds. The van der Waals surface area contributed by atoms with Crippen molar-refractivity contribution in [3.05, 3.63) is 71.5 Å². The normalized spacial score (nSPS) is 13.2. The van der Waals surface area contributed by atoms with E-state index in [0.717, 1.165) is 38.5 Å². The van der Waals surface area contributed by atoms with Gasteiger partial charge < -0.3 is 9.97 Å². The van der Waals surface area contributed by atoms with Crippen LogP contribution >= 0.6 is 12.4 Å². The van der Waals surface area contributed by atoms with Crippen LogP contribution in [0, 0.1) is 6.92 Å². The van der Waals surface area contributed by atoms with Crippen LogP contribution in [0.15, 0.2) is 54.9 Å². The Hall–Kier alpha value is -3.31. The summed E-state index contributed by atoms with van der Waals surface area (Å²) < 4.78 is 0. The van der Waals surface area contributed by atoms with E-state index in [2.05, 4.69) is 29.1 Å². The van der Waals surface area contributed by atoms with E-state index >= 15 is 0 Å². The first-order chi connectivity index (χ1) is 15.0.